The van der Waals surface area contributed by atoms with Gasteiger partial charge in [-0.1, -0.05) is 24.1 Å². The first-order valence-corrected chi connectivity index (χ1v) is 7.20. The largest absolute Gasteiger partial charge is 0.354 e. The third-order valence-electron chi connectivity index (χ3n) is 3.84. The fourth-order valence-corrected chi connectivity index (χ4v) is 2.30. The van der Waals surface area contributed by atoms with Crippen LogP contribution in [0.4, 0.5) is 5.69 Å². The smallest absolute Gasteiger partial charge is 0.223 e. The van der Waals surface area contributed by atoms with Crippen LogP contribution in [0.2, 0.25) is 0 Å². The molecule has 108 valence electrons. The van der Waals surface area contributed by atoms with Crippen LogP contribution in [0, 0.1) is 12.8 Å². The van der Waals surface area contributed by atoms with E-state index in [-0.39, 0.29) is 17.7 Å². The molecule has 0 heterocycles. The Labute approximate surface area is 120 Å². The molecule has 0 unspecified atom stereocenters. The summed E-state index contributed by atoms with van der Waals surface area (Å²) in [7, 11) is 0. The van der Waals surface area contributed by atoms with Gasteiger partial charge in [-0.05, 0) is 31.9 Å². The predicted molar refractivity (Wildman–Crippen MR) is 79.6 cm³/mol. The zero-order valence-corrected chi connectivity index (χ0v) is 12.2. The van der Waals surface area contributed by atoms with Gasteiger partial charge >= 0.3 is 0 Å². The third kappa shape index (κ3) is 3.59. The topological polar surface area (TPSA) is 49.4 Å². The fraction of sp³-hybridized carbons (Fsp3) is 0.500. The van der Waals surface area contributed by atoms with E-state index in [4.69, 9.17) is 0 Å². The van der Waals surface area contributed by atoms with Crippen LogP contribution in [-0.2, 0) is 9.59 Å². The van der Waals surface area contributed by atoms with E-state index in [1.165, 1.54) is 0 Å². The summed E-state index contributed by atoms with van der Waals surface area (Å²) in [5, 5.41) is 2.92. The molecule has 0 aromatic heterocycles. The lowest BCUT2D eigenvalue weighted by Gasteiger charge is -2.25. The monoisotopic (exact) mass is 274 g/mol. The molecule has 4 heteroatoms. The Morgan fingerprint density at radius 2 is 1.90 bits per heavy atom. The number of hydrogen-bond donors (Lipinski definition) is 1. The molecule has 4 nitrogen and oxygen atoms in total. The highest BCUT2D eigenvalue weighted by Gasteiger charge is 2.24. The van der Waals surface area contributed by atoms with E-state index in [1.807, 2.05) is 31.2 Å². The number of benzene rings is 1. The molecule has 0 radical (unpaired) electrons. The molecule has 2 rings (SSSR count). The normalized spacial score (nSPS) is 14.5. The fourth-order valence-electron chi connectivity index (χ4n) is 2.30. The Morgan fingerprint density at radius 1 is 1.25 bits per heavy atom. The predicted octanol–water partition coefficient (Wildman–Crippen LogP) is 2.26. The number of nitrogens with zero attached hydrogens (tertiary/aromatic N) is 1. The van der Waals surface area contributed by atoms with Crippen LogP contribution in [0.25, 0.3) is 0 Å². The number of amides is 2. The van der Waals surface area contributed by atoms with Crippen molar-refractivity contribution in [2.45, 2.75) is 33.1 Å². The SMILES string of the molecule is CC(=O)N(CCNC(=O)C1CCC1)c1ccc(C)cc1. The number of rotatable bonds is 5. The van der Waals surface area contributed by atoms with Gasteiger partial charge in [0.2, 0.25) is 11.8 Å². The second-order valence-electron chi connectivity index (χ2n) is 5.43. The van der Waals surface area contributed by atoms with Crippen LogP contribution in [0.1, 0.15) is 31.7 Å². The molecule has 2 amide bonds. The van der Waals surface area contributed by atoms with Gasteiger partial charge in [-0.15, -0.1) is 0 Å². The van der Waals surface area contributed by atoms with Gasteiger partial charge in [-0.2, -0.15) is 0 Å². The van der Waals surface area contributed by atoms with Gasteiger partial charge in [-0.3, -0.25) is 9.59 Å². The first kappa shape index (κ1) is 14.6. The second kappa shape index (κ2) is 6.55. The van der Waals surface area contributed by atoms with E-state index in [0.29, 0.717) is 13.1 Å². The minimum absolute atomic E-state index is 0.00764. The van der Waals surface area contributed by atoms with Crippen molar-refractivity contribution in [2.24, 2.45) is 5.92 Å². The Bertz CT molecular complexity index is 478. The summed E-state index contributed by atoms with van der Waals surface area (Å²) in [5.74, 6) is 0.315. The van der Waals surface area contributed by atoms with Crippen molar-refractivity contribution in [3.63, 3.8) is 0 Å². The summed E-state index contributed by atoms with van der Waals surface area (Å²) in [5.41, 5.74) is 2.04. The van der Waals surface area contributed by atoms with Crippen molar-refractivity contribution in [2.75, 3.05) is 18.0 Å². The molecule has 1 fully saturated rings. The van der Waals surface area contributed by atoms with Gasteiger partial charge in [0, 0.05) is 31.6 Å². The van der Waals surface area contributed by atoms with E-state index in [0.717, 1.165) is 30.5 Å². The van der Waals surface area contributed by atoms with Crippen LogP contribution in [0.5, 0.6) is 0 Å². The molecule has 1 N–H and O–H groups in total. The van der Waals surface area contributed by atoms with E-state index in [1.54, 1.807) is 11.8 Å². The van der Waals surface area contributed by atoms with Crippen LogP contribution >= 0.6 is 0 Å². The maximum absolute atomic E-state index is 11.7. The molecule has 0 bridgehead atoms. The Morgan fingerprint density at radius 3 is 2.40 bits per heavy atom. The molecular weight excluding hydrogens is 252 g/mol. The molecule has 1 aliphatic carbocycles. The summed E-state index contributed by atoms with van der Waals surface area (Å²) < 4.78 is 0. The minimum Gasteiger partial charge on any atom is -0.354 e. The Balaban J connectivity index is 1.87. The highest BCUT2D eigenvalue weighted by Crippen LogP contribution is 2.26. The van der Waals surface area contributed by atoms with Crippen LogP contribution in [0.15, 0.2) is 24.3 Å². The van der Waals surface area contributed by atoms with Gasteiger partial charge in [-0.25, -0.2) is 0 Å². The van der Waals surface area contributed by atoms with E-state index in [2.05, 4.69) is 5.32 Å². The lowest BCUT2D eigenvalue weighted by Crippen LogP contribution is -2.41. The van der Waals surface area contributed by atoms with Gasteiger partial charge in [0.15, 0.2) is 0 Å². The standard InChI is InChI=1S/C16H22N2O2/c1-12-6-8-15(9-7-12)18(13(2)19)11-10-17-16(20)14-4-3-5-14/h6-9,14H,3-5,10-11H2,1-2H3,(H,17,20). The lowest BCUT2D eigenvalue weighted by atomic mass is 9.85. The number of carbonyl (C=O) groups is 2. The summed E-state index contributed by atoms with van der Waals surface area (Å²) in [6, 6.07) is 7.84. The molecule has 0 spiro atoms. The Hall–Kier alpha value is -1.84. The second-order valence-corrected chi connectivity index (χ2v) is 5.43. The minimum atomic E-state index is -0.00764. The van der Waals surface area contributed by atoms with Gasteiger partial charge in [0.25, 0.3) is 0 Å². The molecule has 1 saturated carbocycles. The van der Waals surface area contributed by atoms with Gasteiger partial charge < -0.3 is 10.2 Å². The third-order valence-corrected chi connectivity index (χ3v) is 3.84. The number of hydrogen-bond acceptors (Lipinski definition) is 2. The highest BCUT2D eigenvalue weighted by atomic mass is 16.2. The Kier molecular flexibility index (Phi) is 4.77. The van der Waals surface area contributed by atoms with E-state index >= 15 is 0 Å². The average Bonchev–Trinajstić information content (AvgIpc) is 2.33. The van der Waals surface area contributed by atoms with Crippen LogP contribution in [0.3, 0.4) is 0 Å². The molecule has 1 aromatic rings. The maximum Gasteiger partial charge on any atom is 0.223 e. The summed E-state index contributed by atoms with van der Waals surface area (Å²) in [6.45, 7) is 4.58. The summed E-state index contributed by atoms with van der Waals surface area (Å²) in [4.78, 5) is 25.2. The van der Waals surface area contributed by atoms with Crippen molar-refractivity contribution in [1.29, 1.82) is 0 Å². The zero-order valence-electron chi connectivity index (χ0n) is 12.2. The number of aryl methyl sites for hydroxylation is 1. The summed E-state index contributed by atoms with van der Waals surface area (Å²) >= 11 is 0. The first-order valence-electron chi connectivity index (χ1n) is 7.20. The lowest BCUT2D eigenvalue weighted by molar-refractivity contribution is -0.127. The molecule has 0 aliphatic heterocycles. The highest BCUT2D eigenvalue weighted by molar-refractivity contribution is 5.91. The van der Waals surface area contributed by atoms with Crippen molar-refractivity contribution >= 4 is 17.5 Å². The van der Waals surface area contributed by atoms with E-state index < -0.39 is 0 Å². The van der Waals surface area contributed by atoms with Gasteiger partial charge in [0.1, 0.15) is 0 Å². The van der Waals surface area contributed by atoms with Crippen LogP contribution in [-0.4, -0.2) is 24.9 Å². The quantitative estimate of drug-likeness (QED) is 0.895. The first-order chi connectivity index (χ1) is 9.58. The van der Waals surface area contributed by atoms with Crippen molar-refractivity contribution in [1.82, 2.24) is 5.32 Å². The molecule has 1 aromatic carbocycles. The average molecular weight is 274 g/mol. The van der Waals surface area contributed by atoms with Gasteiger partial charge in [0.05, 0.1) is 0 Å². The molecular formula is C16H22N2O2. The number of carbonyl (C=O) groups excluding carboxylic acids is 2. The molecule has 1 aliphatic rings. The van der Waals surface area contributed by atoms with E-state index in [9.17, 15) is 9.59 Å². The number of nitrogens with one attached hydrogen (secondary N) is 1. The van der Waals surface area contributed by atoms with Crippen molar-refractivity contribution < 1.29 is 9.59 Å². The molecule has 0 saturated heterocycles. The molecule has 0 atom stereocenters. The van der Waals surface area contributed by atoms with Crippen LogP contribution < -0.4 is 10.2 Å². The maximum atomic E-state index is 11.7. The summed E-state index contributed by atoms with van der Waals surface area (Å²) in [6.07, 6.45) is 3.15. The zero-order chi connectivity index (χ0) is 14.5. The molecule has 20 heavy (non-hydrogen) atoms. The van der Waals surface area contributed by atoms with Crippen molar-refractivity contribution in [3.8, 4) is 0 Å². The van der Waals surface area contributed by atoms with Crippen molar-refractivity contribution in [3.05, 3.63) is 29.8 Å². The number of anilines is 1.